The van der Waals surface area contributed by atoms with Crippen LogP contribution in [0.3, 0.4) is 0 Å². The zero-order valence-corrected chi connectivity index (χ0v) is 9.49. The van der Waals surface area contributed by atoms with Crippen LogP contribution < -0.4 is 4.74 Å². The molecule has 0 radical (unpaired) electrons. The third-order valence-electron chi connectivity index (χ3n) is 2.50. The molecule has 0 aliphatic rings. The van der Waals surface area contributed by atoms with E-state index in [0.29, 0.717) is 0 Å². The summed E-state index contributed by atoms with van der Waals surface area (Å²) in [5.41, 5.74) is 1.06. The highest BCUT2D eigenvalue weighted by Crippen LogP contribution is 2.29. The molecule has 0 bridgehead atoms. The van der Waals surface area contributed by atoms with Gasteiger partial charge in [0, 0.05) is 5.39 Å². The Balaban J connectivity index is 2.48. The van der Waals surface area contributed by atoms with Gasteiger partial charge in [-0.2, -0.15) is 0 Å². The molecule has 0 fully saturated rings. The van der Waals surface area contributed by atoms with Crippen LogP contribution >= 0.6 is 0 Å². The first-order valence-corrected chi connectivity index (χ1v) is 5.29. The van der Waals surface area contributed by atoms with E-state index < -0.39 is 0 Å². The maximum absolute atomic E-state index is 10.9. The molecule has 0 aliphatic heterocycles. The van der Waals surface area contributed by atoms with Crippen LogP contribution in [-0.4, -0.2) is 12.4 Å². The van der Waals surface area contributed by atoms with Gasteiger partial charge in [-0.05, 0) is 24.8 Å². The molecule has 0 aromatic heterocycles. The minimum Gasteiger partial charge on any atom is -0.485 e. The number of rotatable bonds is 3. The molecule has 2 aromatic carbocycles. The summed E-state index contributed by atoms with van der Waals surface area (Å²) >= 11 is 0. The van der Waals surface area contributed by atoms with E-state index in [0.717, 1.165) is 22.1 Å². The minimum atomic E-state index is 0.0346. The maximum Gasteiger partial charge on any atom is 0.167 e. The van der Waals surface area contributed by atoms with E-state index in [1.165, 1.54) is 6.92 Å². The van der Waals surface area contributed by atoms with Gasteiger partial charge in [0.25, 0.3) is 0 Å². The predicted octanol–water partition coefficient (Wildman–Crippen LogP) is 3.12. The lowest BCUT2D eigenvalue weighted by molar-refractivity contribution is -0.118. The number of Topliss-reactive ketones (excluding diaryl/α,β-unsaturated/α-hetero) is 1. The first-order chi connectivity index (χ1) is 7.68. The lowest BCUT2D eigenvalue weighted by Crippen LogP contribution is -2.07. The largest absolute Gasteiger partial charge is 0.485 e. The van der Waals surface area contributed by atoms with E-state index in [2.05, 4.69) is 6.07 Å². The summed E-state index contributed by atoms with van der Waals surface area (Å²) in [5.74, 6) is 0.848. The van der Waals surface area contributed by atoms with Gasteiger partial charge < -0.3 is 4.74 Å². The monoisotopic (exact) mass is 214 g/mol. The standard InChI is InChI=1S/C14H14O2/c1-10-7-8-12-5-3-4-6-13(12)14(10)16-9-11(2)15/h3-8H,9H2,1-2H3. The van der Waals surface area contributed by atoms with Crippen LogP contribution in [0.4, 0.5) is 0 Å². The fourth-order valence-corrected chi connectivity index (χ4v) is 1.72. The minimum absolute atomic E-state index is 0.0346. The summed E-state index contributed by atoms with van der Waals surface area (Å²) < 4.78 is 5.56. The summed E-state index contributed by atoms with van der Waals surface area (Å²) in [6, 6.07) is 12.1. The zero-order chi connectivity index (χ0) is 11.5. The number of benzene rings is 2. The summed E-state index contributed by atoms with van der Waals surface area (Å²) in [7, 11) is 0. The van der Waals surface area contributed by atoms with Gasteiger partial charge in [0.15, 0.2) is 5.78 Å². The van der Waals surface area contributed by atoms with E-state index in [4.69, 9.17) is 4.74 Å². The number of carbonyl (C=O) groups excluding carboxylic acids is 1. The second kappa shape index (κ2) is 4.35. The molecule has 2 rings (SSSR count). The van der Waals surface area contributed by atoms with Crippen molar-refractivity contribution in [3.63, 3.8) is 0 Å². The summed E-state index contributed by atoms with van der Waals surface area (Å²) in [6.45, 7) is 3.65. The van der Waals surface area contributed by atoms with Crippen molar-refractivity contribution in [3.05, 3.63) is 42.0 Å². The van der Waals surface area contributed by atoms with Gasteiger partial charge in [0.05, 0.1) is 0 Å². The third kappa shape index (κ3) is 2.06. The highest BCUT2D eigenvalue weighted by Gasteiger charge is 2.06. The lowest BCUT2D eigenvalue weighted by Gasteiger charge is -2.10. The highest BCUT2D eigenvalue weighted by molar-refractivity contribution is 5.90. The molecule has 0 atom stereocenters. The van der Waals surface area contributed by atoms with Crippen molar-refractivity contribution in [2.45, 2.75) is 13.8 Å². The molecule has 0 saturated heterocycles. The molecule has 0 amide bonds. The van der Waals surface area contributed by atoms with Crippen LogP contribution in [0.2, 0.25) is 0 Å². The van der Waals surface area contributed by atoms with Crippen molar-refractivity contribution in [2.75, 3.05) is 6.61 Å². The molecule has 2 heteroatoms. The number of ether oxygens (including phenoxy) is 1. The van der Waals surface area contributed by atoms with Gasteiger partial charge in [0.2, 0.25) is 0 Å². The van der Waals surface area contributed by atoms with Crippen molar-refractivity contribution < 1.29 is 9.53 Å². The van der Waals surface area contributed by atoms with Gasteiger partial charge in [-0.15, -0.1) is 0 Å². The molecule has 0 unspecified atom stereocenters. The Hall–Kier alpha value is -1.83. The topological polar surface area (TPSA) is 26.3 Å². The fraction of sp³-hybridized carbons (Fsp3) is 0.214. The van der Waals surface area contributed by atoms with Gasteiger partial charge in [0.1, 0.15) is 12.4 Å². The molecule has 0 N–H and O–H groups in total. The van der Waals surface area contributed by atoms with Gasteiger partial charge >= 0.3 is 0 Å². The van der Waals surface area contributed by atoms with E-state index in [1.54, 1.807) is 0 Å². The van der Waals surface area contributed by atoms with Crippen molar-refractivity contribution in [1.82, 2.24) is 0 Å². The average molecular weight is 214 g/mol. The molecular formula is C14H14O2. The molecule has 82 valence electrons. The fourth-order valence-electron chi connectivity index (χ4n) is 1.72. The number of hydrogen-bond donors (Lipinski definition) is 0. The van der Waals surface area contributed by atoms with Crippen LogP contribution in [-0.2, 0) is 4.79 Å². The molecule has 0 heterocycles. The molecular weight excluding hydrogens is 200 g/mol. The van der Waals surface area contributed by atoms with E-state index in [9.17, 15) is 4.79 Å². The van der Waals surface area contributed by atoms with Crippen molar-refractivity contribution in [3.8, 4) is 5.75 Å². The van der Waals surface area contributed by atoms with E-state index >= 15 is 0 Å². The Morgan fingerprint density at radius 3 is 2.69 bits per heavy atom. The van der Waals surface area contributed by atoms with Crippen LogP contribution in [0.25, 0.3) is 10.8 Å². The predicted molar refractivity (Wildman–Crippen MR) is 64.9 cm³/mol. The molecule has 0 spiro atoms. The Morgan fingerprint density at radius 2 is 1.94 bits per heavy atom. The molecule has 0 aliphatic carbocycles. The number of ketones is 1. The van der Waals surface area contributed by atoms with Crippen LogP contribution in [0.15, 0.2) is 36.4 Å². The average Bonchev–Trinajstić information content (AvgIpc) is 2.27. The smallest absolute Gasteiger partial charge is 0.167 e. The third-order valence-corrected chi connectivity index (χ3v) is 2.50. The summed E-state index contributed by atoms with van der Waals surface area (Å²) in [4.78, 5) is 10.9. The number of carbonyl (C=O) groups is 1. The molecule has 16 heavy (non-hydrogen) atoms. The zero-order valence-electron chi connectivity index (χ0n) is 9.49. The Morgan fingerprint density at radius 1 is 1.19 bits per heavy atom. The molecule has 0 saturated carbocycles. The quantitative estimate of drug-likeness (QED) is 0.784. The van der Waals surface area contributed by atoms with Crippen molar-refractivity contribution >= 4 is 16.6 Å². The van der Waals surface area contributed by atoms with Crippen molar-refractivity contribution in [1.29, 1.82) is 0 Å². The van der Waals surface area contributed by atoms with Gasteiger partial charge in [-0.1, -0.05) is 36.4 Å². The Labute approximate surface area is 94.8 Å². The van der Waals surface area contributed by atoms with Crippen LogP contribution in [0.5, 0.6) is 5.75 Å². The number of aryl methyl sites for hydroxylation is 1. The van der Waals surface area contributed by atoms with Crippen LogP contribution in [0.1, 0.15) is 12.5 Å². The first kappa shape index (κ1) is 10.7. The SMILES string of the molecule is CC(=O)COc1c(C)ccc2ccccc12. The first-order valence-electron chi connectivity index (χ1n) is 5.29. The normalized spacial score (nSPS) is 10.4. The number of fused-ring (bicyclic) bond motifs is 1. The Bertz CT molecular complexity index is 529. The highest BCUT2D eigenvalue weighted by atomic mass is 16.5. The second-order valence-electron chi connectivity index (χ2n) is 3.92. The summed E-state index contributed by atoms with van der Waals surface area (Å²) in [5, 5.41) is 2.19. The van der Waals surface area contributed by atoms with Crippen LogP contribution in [0, 0.1) is 6.92 Å². The van der Waals surface area contributed by atoms with Crippen molar-refractivity contribution in [2.24, 2.45) is 0 Å². The van der Waals surface area contributed by atoms with Gasteiger partial charge in [-0.25, -0.2) is 0 Å². The Kier molecular flexibility index (Phi) is 2.91. The molecule has 2 aromatic rings. The lowest BCUT2D eigenvalue weighted by atomic mass is 10.1. The maximum atomic E-state index is 10.9. The van der Waals surface area contributed by atoms with E-state index in [1.807, 2.05) is 37.3 Å². The number of hydrogen-bond acceptors (Lipinski definition) is 2. The summed E-state index contributed by atoms with van der Waals surface area (Å²) in [6.07, 6.45) is 0. The van der Waals surface area contributed by atoms with Gasteiger partial charge in [-0.3, -0.25) is 4.79 Å². The second-order valence-corrected chi connectivity index (χ2v) is 3.92. The van der Waals surface area contributed by atoms with E-state index in [-0.39, 0.29) is 12.4 Å². The molecule has 2 nitrogen and oxygen atoms in total.